The average Bonchev–Trinajstić information content (AvgIpc) is 3.10. The molecular formula is C29H23N7O2. The van der Waals surface area contributed by atoms with Crippen molar-refractivity contribution >= 4 is 28.4 Å². The number of hydrogen-bond donors (Lipinski definition) is 2. The smallest absolute Gasteiger partial charge is 0.322 e. The highest BCUT2D eigenvalue weighted by Gasteiger charge is 2.26. The van der Waals surface area contributed by atoms with Gasteiger partial charge >= 0.3 is 6.01 Å². The van der Waals surface area contributed by atoms with Gasteiger partial charge in [-0.2, -0.15) is 0 Å². The van der Waals surface area contributed by atoms with Gasteiger partial charge in [-0.3, -0.25) is 4.79 Å². The molecule has 38 heavy (non-hydrogen) atoms. The van der Waals surface area contributed by atoms with E-state index in [1.54, 1.807) is 19.4 Å². The summed E-state index contributed by atoms with van der Waals surface area (Å²) in [5, 5.41) is 7.21. The van der Waals surface area contributed by atoms with Crippen molar-refractivity contribution in [2.75, 3.05) is 10.6 Å². The fourth-order valence-corrected chi connectivity index (χ4v) is 4.76. The highest BCUT2D eigenvalue weighted by atomic mass is 16.5. The van der Waals surface area contributed by atoms with Crippen LogP contribution in [0.2, 0.25) is 0 Å². The summed E-state index contributed by atoms with van der Waals surface area (Å²) < 4.78 is 8.05. The summed E-state index contributed by atoms with van der Waals surface area (Å²) in [6, 6.07) is 15.8. The minimum atomic E-state index is -0.342. The molecule has 0 unspecified atom stereocenters. The molecule has 0 bridgehead atoms. The van der Waals surface area contributed by atoms with Gasteiger partial charge < -0.3 is 19.9 Å². The zero-order valence-corrected chi connectivity index (χ0v) is 21.0. The minimum Gasteiger partial charge on any atom is -0.424 e. The van der Waals surface area contributed by atoms with E-state index in [1.165, 1.54) is 0 Å². The zero-order valence-electron chi connectivity index (χ0n) is 21.0. The van der Waals surface area contributed by atoms with Crippen molar-refractivity contribution < 1.29 is 9.53 Å². The van der Waals surface area contributed by atoms with E-state index in [-0.39, 0.29) is 5.91 Å². The lowest BCUT2D eigenvalue weighted by Crippen LogP contribution is -2.08. The van der Waals surface area contributed by atoms with Gasteiger partial charge in [0.15, 0.2) is 0 Å². The van der Waals surface area contributed by atoms with E-state index in [4.69, 9.17) is 4.74 Å². The second kappa shape index (κ2) is 9.33. The molecule has 0 spiro atoms. The van der Waals surface area contributed by atoms with Crippen LogP contribution in [0.5, 0.6) is 11.8 Å². The van der Waals surface area contributed by atoms with Crippen molar-refractivity contribution in [2.45, 2.75) is 20.4 Å². The predicted octanol–water partition coefficient (Wildman–Crippen LogP) is 5.08. The molecule has 3 aromatic heterocycles. The van der Waals surface area contributed by atoms with Crippen LogP contribution >= 0.6 is 0 Å². The van der Waals surface area contributed by atoms with Crippen molar-refractivity contribution in [3.05, 3.63) is 72.3 Å². The summed E-state index contributed by atoms with van der Waals surface area (Å²) in [5.74, 6) is 6.19. The van der Waals surface area contributed by atoms with Gasteiger partial charge in [0.1, 0.15) is 23.5 Å². The number of fused-ring (bicyclic) bond motifs is 2. The largest absolute Gasteiger partial charge is 0.424 e. The summed E-state index contributed by atoms with van der Waals surface area (Å²) in [7, 11) is 2.00. The van der Waals surface area contributed by atoms with Crippen molar-refractivity contribution in [2.24, 2.45) is 7.05 Å². The van der Waals surface area contributed by atoms with Gasteiger partial charge in [0.25, 0.3) is 5.91 Å². The Hall–Kier alpha value is -5.23. The molecule has 0 aliphatic carbocycles. The number of nitrogens with one attached hydrogen (secondary N) is 2. The molecule has 0 fully saturated rings. The van der Waals surface area contributed by atoms with Crippen LogP contribution in [0.4, 0.5) is 11.5 Å². The number of carbonyl (C=O) groups is 1. The molecule has 9 heteroatoms. The quantitative estimate of drug-likeness (QED) is 0.331. The number of aryl methyl sites for hydroxylation is 2. The average molecular weight is 502 g/mol. The molecule has 1 aliphatic rings. The Morgan fingerprint density at radius 1 is 1.11 bits per heavy atom. The highest BCUT2D eigenvalue weighted by Crippen LogP contribution is 2.46. The summed E-state index contributed by atoms with van der Waals surface area (Å²) >= 11 is 0. The molecule has 2 aromatic carbocycles. The first-order chi connectivity index (χ1) is 18.5. The maximum absolute atomic E-state index is 11.9. The molecule has 4 heterocycles. The van der Waals surface area contributed by atoms with Gasteiger partial charge in [-0.15, -0.1) is 0 Å². The second-order valence-electron chi connectivity index (χ2n) is 8.87. The number of ether oxygens (including phenoxy) is 1. The van der Waals surface area contributed by atoms with Gasteiger partial charge in [0.05, 0.1) is 11.1 Å². The normalized spacial score (nSPS) is 11.6. The number of rotatable bonds is 4. The van der Waals surface area contributed by atoms with E-state index in [1.807, 2.05) is 56.4 Å². The highest BCUT2D eigenvalue weighted by molar-refractivity contribution is 6.09. The van der Waals surface area contributed by atoms with Crippen molar-refractivity contribution in [1.29, 1.82) is 0 Å². The van der Waals surface area contributed by atoms with E-state index in [2.05, 4.69) is 53.0 Å². The number of hydrogen-bond acceptors (Lipinski definition) is 7. The van der Waals surface area contributed by atoms with Crippen LogP contribution in [0.15, 0.2) is 61.1 Å². The van der Waals surface area contributed by atoms with E-state index < -0.39 is 0 Å². The van der Waals surface area contributed by atoms with Gasteiger partial charge in [-0.05, 0) is 66.8 Å². The summed E-state index contributed by atoms with van der Waals surface area (Å²) in [4.78, 5) is 29.6. The third-order valence-corrected chi connectivity index (χ3v) is 6.40. The van der Waals surface area contributed by atoms with Crippen LogP contribution in [0.25, 0.3) is 33.4 Å². The SMILES string of the molecule is CC#CC(=O)Nc1ccc(-c2c3c4c(ncnc4n2C)NCc2cc(Oc4nccc(C)n4)ccc2-3)cc1. The Morgan fingerprint density at radius 2 is 1.95 bits per heavy atom. The third-order valence-electron chi connectivity index (χ3n) is 6.40. The number of benzene rings is 2. The first-order valence-electron chi connectivity index (χ1n) is 12.0. The topological polar surface area (TPSA) is 107 Å². The summed E-state index contributed by atoms with van der Waals surface area (Å²) in [6.45, 7) is 4.09. The summed E-state index contributed by atoms with van der Waals surface area (Å²) in [5.41, 5.74) is 7.44. The predicted molar refractivity (Wildman–Crippen MR) is 146 cm³/mol. The Bertz CT molecular complexity index is 1780. The number of nitrogens with zero attached hydrogens (tertiary/aromatic N) is 5. The molecule has 6 rings (SSSR count). The monoisotopic (exact) mass is 501 g/mol. The molecule has 0 radical (unpaired) electrons. The van der Waals surface area contributed by atoms with E-state index in [0.717, 1.165) is 50.5 Å². The Labute approximate surface area is 219 Å². The fourth-order valence-electron chi connectivity index (χ4n) is 4.76. The lowest BCUT2D eigenvalue weighted by Gasteiger charge is -2.13. The molecule has 9 nitrogen and oxygen atoms in total. The van der Waals surface area contributed by atoms with Crippen LogP contribution in [-0.4, -0.2) is 30.4 Å². The van der Waals surface area contributed by atoms with E-state index >= 15 is 0 Å². The molecule has 5 aromatic rings. The maximum Gasteiger partial charge on any atom is 0.322 e. The van der Waals surface area contributed by atoms with Crippen molar-refractivity contribution in [1.82, 2.24) is 24.5 Å². The van der Waals surface area contributed by atoms with Crippen molar-refractivity contribution in [3.63, 3.8) is 0 Å². The number of anilines is 2. The van der Waals surface area contributed by atoms with Gasteiger partial charge in [0.2, 0.25) is 0 Å². The van der Waals surface area contributed by atoms with E-state index in [9.17, 15) is 4.79 Å². The zero-order chi connectivity index (χ0) is 26.2. The molecule has 0 atom stereocenters. The Kier molecular flexibility index (Phi) is 5.69. The molecular weight excluding hydrogens is 478 g/mol. The van der Waals surface area contributed by atoms with Crippen LogP contribution < -0.4 is 15.4 Å². The van der Waals surface area contributed by atoms with Crippen molar-refractivity contribution in [3.8, 4) is 46.0 Å². The first kappa shape index (κ1) is 23.2. The molecule has 1 aliphatic heterocycles. The first-order valence-corrected chi connectivity index (χ1v) is 12.0. The van der Waals surface area contributed by atoms with Gasteiger partial charge in [-0.25, -0.2) is 19.9 Å². The fraction of sp³-hybridized carbons (Fsp3) is 0.138. The number of aromatic nitrogens is 5. The second-order valence-corrected chi connectivity index (χ2v) is 8.87. The summed E-state index contributed by atoms with van der Waals surface area (Å²) in [6.07, 6.45) is 3.25. The lowest BCUT2D eigenvalue weighted by molar-refractivity contribution is -0.111. The van der Waals surface area contributed by atoms with Crippen LogP contribution in [-0.2, 0) is 18.4 Å². The van der Waals surface area contributed by atoms with Crippen LogP contribution in [0, 0.1) is 18.8 Å². The third kappa shape index (κ3) is 4.08. The number of amides is 1. The molecule has 1 amide bonds. The van der Waals surface area contributed by atoms with Crippen LogP contribution in [0.3, 0.4) is 0 Å². The molecule has 0 saturated heterocycles. The maximum atomic E-state index is 11.9. The van der Waals surface area contributed by atoms with E-state index in [0.29, 0.717) is 24.0 Å². The van der Waals surface area contributed by atoms with Gasteiger partial charge in [0, 0.05) is 36.7 Å². The van der Waals surface area contributed by atoms with Gasteiger partial charge in [-0.1, -0.05) is 24.1 Å². The molecule has 0 saturated carbocycles. The lowest BCUT2D eigenvalue weighted by atomic mass is 9.95. The molecule has 186 valence electrons. The Balaban J connectivity index is 1.46. The Morgan fingerprint density at radius 3 is 2.74 bits per heavy atom. The number of carbonyl (C=O) groups excluding carboxylic acids is 1. The minimum absolute atomic E-state index is 0.306. The van der Waals surface area contributed by atoms with Crippen LogP contribution in [0.1, 0.15) is 18.2 Å². The molecule has 2 N–H and O–H groups in total. The standard InChI is InChI=1S/C29H23N7O2/c1-4-5-23(37)35-20-8-6-18(7-9-20)26-24-22-11-10-21(38-29-30-13-12-17(2)34-29)14-19(22)15-31-27-25(24)28(36(26)3)33-16-32-27/h6-14,16H,15H2,1-3H3,(H,35,37)(H,31,32,33).